The minimum Gasteiger partial charge on any atom is -0.464 e. The summed E-state index contributed by atoms with van der Waals surface area (Å²) in [5.74, 6) is -0.386. The third kappa shape index (κ3) is 8.51. The van der Waals surface area contributed by atoms with Crippen molar-refractivity contribution in [3.63, 3.8) is 0 Å². The van der Waals surface area contributed by atoms with Gasteiger partial charge in [0, 0.05) is 29.2 Å². The number of rotatable bonds is 8. The summed E-state index contributed by atoms with van der Waals surface area (Å²) in [6, 6.07) is 9.36. The van der Waals surface area contributed by atoms with Crippen LogP contribution in [0.15, 0.2) is 47.4 Å². The van der Waals surface area contributed by atoms with E-state index >= 15 is 0 Å². The largest absolute Gasteiger partial charge is 0.464 e. The van der Waals surface area contributed by atoms with Gasteiger partial charge in [0.25, 0.3) is 5.56 Å². The second-order valence-corrected chi connectivity index (χ2v) is 13.6. The van der Waals surface area contributed by atoms with Gasteiger partial charge >= 0.3 is 18.2 Å². The first kappa shape index (κ1) is 36.1. The zero-order valence-electron chi connectivity index (χ0n) is 26.8. The number of nitrogen functional groups attached to an aromatic ring is 1. The maximum Gasteiger partial charge on any atom is 0.427 e. The molecule has 2 aromatic carbocycles. The zero-order valence-corrected chi connectivity index (χ0v) is 28.4. The number of ether oxygens (including phenoxy) is 2. The molecule has 4 N–H and O–H groups in total. The van der Waals surface area contributed by atoms with Crippen LogP contribution in [0.25, 0.3) is 21.5 Å². The first-order valence-corrected chi connectivity index (χ1v) is 16.9. The number of anilines is 1. The second kappa shape index (κ2) is 15.1. The summed E-state index contributed by atoms with van der Waals surface area (Å²) in [4.78, 5) is 46.2. The first-order valence-electron chi connectivity index (χ1n) is 15.7. The Bertz CT molecular complexity index is 1880. The Labute approximate surface area is 289 Å². The molecule has 49 heavy (non-hydrogen) atoms. The van der Waals surface area contributed by atoms with Crippen molar-refractivity contribution in [2.24, 2.45) is 11.7 Å². The summed E-state index contributed by atoms with van der Waals surface area (Å²) in [5.41, 5.74) is 12.9. The Kier molecular flexibility index (Phi) is 11.1. The number of piperidine rings is 1. The summed E-state index contributed by atoms with van der Waals surface area (Å²) in [6.07, 6.45) is -0.301. The average molecular weight is 721 g/mol. The van der Waals surface area contributed by atoms with E-state index in [0.29, 0.717) is 34.8 Å². The number of hydrogen-bond acceptors (Lipinski definition) is 10. The van der Waals surface area contributed by atoms with Crippen molar-refractivity contribution in [2.45, 2.75) is 64.3 Å². The Hall–Kier alpha value is -4.21. The van der Waals surface area contributed by atoms with Crippen LogP contribution in [0.4, 0.5) is 23.7 Å². The number of benzene rings is 2. The summed E-state index contributed by atoms with van der Waals surface area (Å²) >= 11 is 6.44. The fraction of sp³-hybridized carbons (Fsp3) is 0.424. The molecule has 2 atom stereocenters. The highest BCUT2D eigenvalue weighted by molar-refractivity contribution is 7.15. The Morgan fingerprint density at radius 2 is 1.92 bits per heavy atom. The topological polar surface area (TPSA) is 156 Å². The van der Waals surface area contributed by atoms with Gasteiger partial charge < -0.3 is 25.8 Å². The van der Waals surface area contributed by atoms with E-state index < -0.39 is 28.6 Å². The van der Waals surface area contributed by atoms with E-state index in [4.69, 9.17) is 32.5 Å². The van der Waals surface area contributed by atoms with Crippen molar-refractivity contribution >= 4 is 51.6 Å². The summed E-state index contributed by atoms with van der Waals surface area (Å²) in [5, 5.41) is 0.764. The number of halogens is 4. The van der Waals surface area contributed by atoms with E-state index in [2.05, 4.69) is 9.97 Å². The molecule has 2 unspecified atom stereocenters. The number of esters is 1. The minimum absolute atomic E-state index is 0.0482. The maximum absolute atomic E-state index is 13.6. The molecular formula is C33H36ClF3N6O5S. The van der Waals surface area contributed by atoms with Gasteiger partial charge in [0.1, 0.15) is 28.4 Å². The smallest absolute Gasteiger partial charge is 0.427 e. The molecule has 0 bridgehead atoms. The van der Waals surface area contributed by atoms with Crippen molar-refractivity contribution in [1.82, 2.24) is 19.4 Å². The number of carbonyl (C=O) groups excluding carboxylic acids is 2. The molecule has 2 saturated heterocycles. The lowest BCUT2D eigenvalue weighted by molar-refractivity contribution is -0.146. The van der Waals surface area contributed by atoms with Crippen LogP contribution in [0.2, 0.25) is 5.02 Å². The van der Waals surface area contributed by atoms with Gasteiger partial charge in [0.05, 0.1) is 36.3 Å². The normalized spacial score (nSPS) is 16.6. The number of cyclic esters (lactones) is 1. The number of nitrogens with zero attached hydrogens (tertiary/aromatic N) is 4. The summed E-state index contributed by atoms with van der Waals surface area (Å²) < 4.78 is 51.0. The molecule has 6 rings (SSSR count). The average Bonchev–Trinajstić information content (AvgIpc) is 3.71. The number of carbonyl (C=O) groups is 2. The zero-order chi connectivity index (χ0) is 35.5. The number of alkyl halides is 3. The molecule has 2 fully saturated rings. The van der Waals surface area contributed by atoms with E-state index in [9.17, 15) is 27.6 Å². The van der Waals surface area contributed by atoms with E-state index in [1.807, 2.05) is 4.90 Å². The predicted molar refractivity (Wildman–Crippen MR) is 180 cm³/mol. The van der Waals surface area contributed by atoms with Gasteiger partial charge in [-0.25, -0.2) is 14.8 Å². The van der Waals surface area contributed by atoms with Gasteiger partial charge in [-0.05, 0) is 55.0 Å². The quantitative estimate of drug-likeness (QED) is 0.168. The van der Waals surface area contributed by atoms with Crippen LogP contribution in [0.5, 0.6) is 0 Å². The molecule has 262 valence electrons. The Morgan fingerprint density at radius 3 is 2.57 bits per heavy atom. The van der Waals surface area contributed by atoms with Crippen molar-refractivity contribution < 1.29 is 32.2 Å². The van der Waals surface area contributed by atoms with Gasteiger partial charge in [0.2, 0.25) is 0 Å². The fourth-order valence-corrected chi connectivity index (χ4v) is 6.40. The van der Waals surface area contributed by atoms with Crippen LogP contribution >= 0.6 is 22.9 Å². The molecule has 0 saturated carbocycles. The number of nitrogens with two attached hydrogens (primary N) is 2. The molecular weight excluding hydrogens is 685 g/mol. The van der Waals surface area contributed by atoms with Gasteiger partial charge in [0.15, 0.2) is 0 Å². The monoisotopic (exact) mass is 720 g/mol. The minimum atomic E-state index is -4.54. The van der Waals surface area contributed by atoms with Gasteiger partial charge in [-0.2, -0.15) is 13.2 Å². The highest BCUT2D eigenvalue weighted by Gasteiger charge is 2.35. The van der Waals surface area contributed by atoms with Crippen molar-refractivity contribution in [3.8, 4) is 10.6 Å². The molecule has 2 aliphatic rings. The lowest BCUT2D eigenvalue weighted by atomic mass is 10.0. The molecule has 1 amide bonds. The fourth-order valence-electron chi connectivity index (χ4n) is 5.45. The highest BCUT2D eigenvalue weighted by atomic mass is 35.5. The standard InChI is InChI=1S/C26H25ClF3N5O3S.C7H11NO2/c1-13(2)22(32)25(37)38-8-7-21-34-19-10-16(23-33-11-20(39-23)26(28,29)30)18(31)9-17(19)24(36)35(21)12-14-3-5-15(27)6-4-14;9-7-8-4-2-1-3-6(8)5-10-7/h3-6,9-11,13,22H,7-8,12,31-32H2,1-2H3;6H,1-5H2. The number of aromatic nitrogens is 3. The van der Waals surface area contributed by atoms with Crippen LogP contribution in [-0.2, 0) is 33.4 Å². The van der Waals surface area contributed by atoms with Crippen LogP contribution in [0.3, 0.4) is 0 Å². The Balaban J connectivity index is 0.000000396. The number of amides is 1. The predicted octanol–water partition coefficient (Wildman–Crippen LogP) is 5.88. The summed E-state index contributed by atoms with van der Waals surface area (Å²) in [6.45, 7) is 5.19. The second-order valence-electron chi connectivity index (χ2n) is 12.1. The first-order chi connectivity index (χ1) is 23.2. The van der Waals surface area contributed by atoms with Crippen LogP contribution in [0.1, 0.15) is 49.4 Å². The van der Waals surface area contributed by atoms with E-state index in [1.54, 1.807) is 38.1 Å². The molecule has 2 aromatic heterocycles. The molecule has 4 heterocycles. The number of hydrogen-bond donors (Lipinski definition) is 2. The van der Waals surface area contributed by atoms with Crippen LogP contribution < -0.4 is 17.0 Å². The molecule has 11 nitrogen and oxygen atoms in total. The van der Waals surface area contributed by atoms with Gasteiger partial charge in [-0.15, -0.1) is 11.3 Å². The van der Waals surface area contributed by atoms with E-state index in [0.717, 1.165) is 31.1 Å². The summed E-state index contributed by atoms with van der Waals surface area (Å²) in [7, 11) is 0. The van der Waals surface area contributed by atoms with Gasteiger partial charge in [-0.1, -0.05) is 37.6 Å². The lowest BCUT2D eigenvalue weighted by Crippen LogP contribution is -2.37. The van der Waals surface area contributed by atoms with Gasteiger partial charge in [-0.3, -0.25) is 14.2 Å². The van der Waals surface area contributed by atoms with Crippen LogP contribution in [-0.4, -0.2) is 63.3 Å². The van der Waals surface area contributed by atoms with E-state index in [-0.39, 0.29) is 58.7 Å². The molecule has 16 heteroatoms. The van der Waals surface area contributed by atoms with Crippen molar-refractivity contribution in [2.75, 3.05) is 25.5 Å². The number of thiazole rings is 1. The lowest BCUT2D eigenvalue weighted by Gasteiger charge is -2.25. The van der Waals surface area contributed by atoms with E-state index in [1.165, 1.54) is 23.1 Å². The van der Waals surface area contributed by atoms with Crippen molar-refractivity contribution in [1.29, 1.82) is 0 Å². The SMILES string of the molecule is CC(C)C(N)C(=O)OCCc1nc2cc(-c3ncc(C(F)(F)F)s3)c(N)cc2c(=O)n1Cc1ccc(Cl)cc1.O=C1OCC2CCCCN12. The van der Waals surface area contributed by atoms with Crippen molar-refractivity contribution in [3.05, 3.63) is 74.2 Å². The third-order valence-electron chi connectivity index (χ3n) is 8.30. The molecule has 2 aliphatic heterocycles. The third-order valence-corrected chi connectivity index (χ3v) is 9.62. The molecule has 4 aromatic rings. The maximum atomic E-state index is 13.6. The Morgan fingerprint density at radius 1 is 1.18 bits per heavy atom. The highest BCUT2D eigenvalue weighted by Crippen LogP contribution is 2.39. The number of fused-ring (bicyclic) bond motifs is 2. The molecule has 0 spiro atoms. The van der Waals surface area contributed by atoms with Crippen LogP contribution in [0, 0.1) is 5.92 Å². The molecule has 0 radical (unpaired) electrons. The molecule has 0 aliphatic carbocycles.